The van der Waals surface area contributed by atoms with Crippen LogP contribution in [0.1, 0.15) is 82.8 Å². The van der Waals surface area contributed by atoms with E-state index in [1.54, 1.807) is 20.3 Å². The number of rotatable bonds is 21. The van der Waals surface area contributed by atoms with Crippen LogP contribution in [0.3, 0.4) is 0 Å². The lowest BCUT2D eigenvalue weighted by Gasteiger charge is -2.25. The van der Waals surface area contributed by atoms with Gasteiger partial charge >= 0.3 is 5.97 Å². The summed E-state index contributed by atoms with van der Waals surface area (Å²) in [5.74, 6) is 1.35. The van der Waals surface area contributed by atoms with Crippen LogP contribution in [0.15, 0.2) is 72.8 Å². The third kappa shape index (κ3) is 13.0. The fourth-order valence-electron chi connectivity index (χ4n) is 6.13. The van der Waals surface area contributed by atoms with Crippen molar-refractivity contribution in [3.8, 4) is 11.5 Å². The van der Waals surface area contributed by atoms with Crippen LogP contribution in [-0.2, 0) is 27.5 Å². The summed E-state index contributed by atoms with van der Waals surface area (Å²) in [6.45, 7) is 5.50. The van der Waals surface area contributed by atoms with Crippen molar-refractivity contribution in [1.29, 1.82) is 0 Å². The molecule has 0 spiro atoms. The molecule has 0 radical (unpaired) electrons. The van der Waals surface area contributed by atoms with Gasteiger partial charge in [0.15, 0.2) is 0 Å². The number of carboxylic acids is 1. The van der Waals surface area contributed by atoms with E-state index in [4.69, 9.17) is 24.1 Å². The Morgan fingerprint density at radius 2 is 1.60 bits per heavy atom. The maximum atomic E-state index is 11.2. The fourth-order valence-corrected chi connectivity index (χ4v) is 6.13. The minimum atomic E-state index is -0.920. The number of carbonyl (C=O) groups is 1. The Morgan fingerprint density at radius 3 is 2.20 bits per heavy atom. The highest BCUT2D eigenvalue weighted by Crippen LogP contribution is 2.39. The topological polar surface area (TPSA) is 94.5 Å². The zero-order valence-corrected chi connectivity index (χ0v) is 27.6. The SMILES string of the molecule is CCCC[C@H](C)C[C@@H](/C=C/[C@H]1C(OCc2ccc(OC)cc2)C[C@H](O)[C@@H]1CCCC/C=C/C(=O)O)OCc1ccc(OC)cc1. The van der Waals surface area contributed by atoms with Crippen LogP contribution in [-0.4, -0.2) is 48.7 Å². The van der Waals surface area contributed by atoms with Gasteiger partial charge in [0.25, 0.3) is 0 Å². The summed E-state index contributed by atoms with van der Waals surface area (Å²) in [6, 6.07) is 15.9. The third-order valence-electron chi connectivity index (χ3n) is 8.79. The summed E-state index contributed by atoms with van der Waals surface area (Å²) in [7, 11) is 3.32. The number of methoxy groups -OCH3 is 2. The number of hydrogen-bond acceptors (Lipinski definition) is 6. The summed E-state index contributed by atoms with van der Waals surface area (Å²) in [4.78, 5) is 10.8. The van der Waals surface area contributed by atoms with Crippen molar-refractivity contribution in [2.75, 3.05) is 14.2 Å². The summed E-state index contributed by atoms with van der Waals surface area (Å²) in [5, 5.41) is 20.1. The standard InChI is InChI=1S/C38H54O7/c1-5-6-11-28(2)24-33(44-26-29-14-18-31(42-3)19-15-29)22-23-35-34(12-9-7-8-10-13-38(40)41)36(39)25-37(35)45-27-30-16-20-32(43-4)21-17-30/h10,13-23,28,33-37,39H,5-9,11-12,24-27H2,1-4H3,(H,40,41)/b13-10+,23-22+/t28-,33+,34+,35+,36-,37?/m0/s1. The highest BCUT2D eigenvalue weighted by Gasteiger charge is 2.41. The molecule has 2 N–H and O–H groups in total. The van der Waals surface area contributed by atoms with Crippen LogP contribution in [0.4, 0.5) is 0 Å². The average molecular weight is 623 g/mol. The van der Waals surface area contributed by atoms with E-state index in [1.165, 1.54) is 25.3 Å². The molecule has 2 aromatic carbocycles. The molecular weight excluding hydrogens is 568 g/mol. The summed E-state index contributed by atoms with van der Waals surface area (Å²) >= 11 is 0. The number of aliphatic hydroxyl groups is 1. The molecule has 0 aliphatic heterocycles. The molecular formula is C38H54O7. The van der Waals surface area contributed by atoms with Crippen LogP contribution in [0, 0.1) is 17.8 Å². The molecule has 6 atom stereocenters. The second-order valence-corrected chi connectivity index (χ2v) is 12.3. The van der Waals surface area contributed by atoms with Gasteiger partial charge in [0.05, 0.1) is 45.7 Å². The Kier molecular flexibility index (Phi) is 16.2. The molecule has 1 aliphatic carbocycles. The largest absolute Gasteiger partial charge is 0.497 e. The lowest BCUT2D eigenvalue weighted by Crippen LogP contribution is -2.23. The number of carboxylic acid groups (broad SMARTS) is 1. The first-order chi connectivity index (χ1) is 21.8. The third-order valence-corrected chi connectivity index (χ3v) is 8.79. The minimum Gasteiger partial charge on any atom is -0.497 e. The number of hydrogen-bond donors (Lipinski definition) is 2. The molecule has 45 heavy (non-hydrogen) atoms. The van der Waals surface area contributed by atoms with Gasteiger partial charge in [-0.3, -0.25) is 0 Å². The van der Waals surface area contributed by atoms with Gasteiger partial charge in [-0.1, -0.05) is 82.0 Å². The maximum absolute atomic E-state index is 11.2. The second-order valence-electron chi connectivity index (χ2n) is 12.3. The van der Waals surface area contributed by atoms with Crippen LogP contribution in [0.2, 0.25) is 0 Å². The first kappa shape index (κ1) is 36.3. The molecule has 3 rings (SSSR count). The number of unbranched alkanes of at least 4 members (excludes halogenated alkanes) is 3. The van der Waals surface area contributed by atoms with Crippen LogP contribution in [0.25, 0.3) is 0 Å². The molecule has 0 saturated heterocycles. The maximum Gasteiger partial charge on any atom is 0.327 e. The number of benzene rings is 2. The molecule has 1 fully saturated rings. The van der Waals surface area contributed by atoms with E-state index < -0.39 is 12.1 Å². The van der Waals surface area contributed by atoms with Crippen molar-refractivity contribution < 1.29 is 34.0 Å². The van der Waals surface area contributed by atoms with Crippen LogP contribution >= 0.6 is 0 Å². The predicted octanol–water partition coefficient (Wildman–Crippen LogP) is 8.15. The van der Waals surface area contributed by atoms with Gasteiger partial charge in [-0.05, 0) is 72.9 Å². The van der Waals surface area contributed by atoms with Crippen molar-refractivity contribution in [3.05, 3.63) is 84.0 Å². The van der Waals surface area contributed by atoms with Crippen molar-refractivity contribution >= 4 is 5.97 Å². The highest BCUT2D eigenvalue weighted by atomic mass is 16.5. The van der Waals surface area contributed by atoms with E-state index >= 15 is 0 Å². The van der Waals surface area contributed by atoms with E-state index in [1.807, 2.05) is 48.5 Å². The van der Waals surface area contributed by atoms with Gasteiger partial charge in [0.1, 0.15) is 11.5 Å². The molecule has 0 amide bonds. The number of aliphatic carboxylic acids is 1. The molecule has 7 heteroatoms. The van der Waals surface area contributed by atoms with Gasteiger partial charge in [0, 0.05) is 18.4 Å². The van der Waals surface area contributed by atoms with Gasteiger partial charge in [0.2, 0.25) is 0 Å². The Bertz CT molecular complexity index is 1160. The molecule has 7 nitrogen and oxygen atoms in total. The lowest BCUT2D eigenvalue weighted by atomic mass is 9.87. The Morgan fingerprint density at radius 1 is 0.956 bits per heavy atom. The molecule has 1 aliphatic rings. The van der Waals surface area contributed by atoms with Crippen molar-refractivity contribution in [2.45, 2.75) is 103 Å². The van der Waals surface area contributed by atoms with Gasteiger partial charge in [-0.2, -0.15) is 0 Å². The zero-order valence-electron chi connectivity index (χ0n) is 27.6. The van der Waals surface area contributed by atoms with Gasteiger partial charge < -0.3 is 29.2 Å². The fraction of sp³-hybridized carbons (Fsp3) is 0.553. The summed E-state index contributed by atoms with van der Waals surface area (Å²) in [5.41, 5.74) is 2.16. The van der Waals surface area contributed by atoms with Crippen molar-refractivity contribution in [3.63, 3.8) is 0 Å². The lowest BCUT2D eigenvalue weighted by molar-refractivity contribution is -0.131. The average Bonchev–Trinajstić information content (AvgIpc) is 3.35. The number of aliphatic hydroxyl groups excluding tert-OH is 1. The van der Waals surface area contributed by atoms with Crippen molar-refractivity contribution in [2.24, 2.45) is 17.8 Å². The van der Waals surface area contributed by atoms with E-state index in [2.05, 4.69) is 26.0 Å². The quantitative estimate of drug-likeness (QED) is 0.0824. The zero-order chi connectivity index (χ0) is 32.4. The summed E-state index contributed by atoms with van der Waals surface area (Å²) < 4.78 is 23.6. The Labute approximate surface area is 270 Å². The van der Waals surface area contributed by atoms with Crippen molar-refractivity contribution in [1.82, 2.24) is 0 Å². The highest BCUT2D eigenvalue weighted by molar-refractivity contribution is 5.79. The molecule has 2 aromatic rings. The second kappa shape index (κ2) is 20.1. The molecule has 0 bridgehead atoms. The molecule has 248 valence electrons. The predicted molar refractivity (Wildman–Crippen MR) is 178 cm³/mol. The first-order valence-electron chi connectivity index (χ1n) is 16.6. The number of allylic oxidation sites excluding steroid dienone is 1. The minimum absolute atomic E-state index is 0.0471. The smallest absolute Gasteiger partial charge is 0.327 e. The molecule has 1 unspecified atom stereocenters. The molecule has 0 aromatic heterocycles. The number of ether oxygens (including phenoxy) is 4. The summed E-state index contributed by atoms with van der Waals surface area (Å²) in [6.07, 6.45) is 15.1. The van der Waals surface area contributed by atoms with E-state index in [0.717, 1.165) is 48.3 Å². The molecule has 1 saturated carbocycles. The van der Waals surface area contributed by atoms with Crippen LogP contribution < -0.4 is 9.47 Å². The van der Waals surface area contributed by atoms with Gasteiger partial charge in [-0.15, -0.1) is 0 Å². The first-order valence-corrected chi connectivity index (χ1v) is 16.6. The van der Waals surface area contributed by atoms with E-state index in [-0.39, 0.29) is 24.0 Å². The van der Waals surface area contributed by atoms with E-state index in [0.29, 0.717) is 32.0 Å². The molecule has 0 heterocycles. The monoisotopic (exact) mass is 622 g/mol. The normalized spacial score (nSPS) is 21.4. The Balaban J connectivity index is 1.74. The van der Waals surface area contributed by atoms with Gasteiger partial charge in [-0.25, -0.2) is 4.79 Å². The van der Waals surface area contributed by atoms with Crippen LogP contribution in [0.5, 0.6) is 11.5 Å². The Hall–Kier alpha value is -3.13. The van der Waals surface area contributed by atoms with E-state index in [9.17, 15) is 9.90 Å².